The molecule has 4 aromatic rings. The van der Waals surface area contributed by atoms with E-state index in [1.807, 2.05) is 0 Å². The summed E-state index contributed by atoms with van der Waals surface area (Å²) in [5.74, 6) is -0.770. The minimum absolute atomic E-state index is 0.00978. The van der Waals surface area contributed by atoms with Gasteiger partial charge in [0.25, 0.3) is 11.8 Å². The van der Waals surface area contributed by atoms with Gasteiger partial charge in [0.15, 0.2) is 11.5 Å². The first kappa shape index (κ1) is 34.3. The molecule has 1 unspecified atom stereocenters. The Bertz CT molecular complexity index is 1740. The minimum Gasteiger partial charge on any atom is -0.493 e. The molecule has 0 aliphatic heterocycles. The molecular weight excluding hydrogens is 618 g/mol. The van der Waals surface area contributed by atoms with Gasteiger partial charge in [-0.25, -0.2) is 4.79 Å². The van der Waals surface area contributed by atoms with Crippen molar-refractivity contribution in [3.05, 3.63) is 119 Å². The number of amides is 3. The van der Waals surface area contributed by atoms with E-state index in [-0.39, 0.29) is 18.2 Å². The van der Waals surface area contributed by atoms with Crippen LogP contribution < -0.4 is 25.4 Å². The Morgan fingerprint density at radius 2 is 1.43 bits per heavy atom. The topological polar surface area (TPSA) is 132 Å². The fraction of sp³-hybridized carbons (Fsp3) is 0.167. The van der Waals surface area contributed by atoms with E-state index in [1.54, 1.807) is 111 Å². The number of hydrogen-bond donors (Lipinski definition) is 3. The summed E-state index contributed by atoms with van der Waals surface area (Å²) in [5.41, 5.74) is 2.35. The maximum Gasteiger partial charge on any atom is 0.338 e. The van der Waals surface area contributed by atoms with Gasteiger partial charge in [-0.3, -0.25) is 14.4 Å². The van der Waals surface area contributed by atoms with Gasteiger partial charge < -0.3 is 30.2 Å². The number of carbonyl (C=O) groups excluding carboxylic acids is 4. The van der Waals surface area contributed by atoms with Crippen molar-refractivity contribution in [2.24, 2.45) is 0 Å². The van der Waals surface area contributed by atoms with Gasteiger partial charge in [-0.2, -0.15) is 0 Å². The molecule has 0 saturated heterocycles. The van der Waals surface area contributed by atoms with Crippen LogP contribution in [0.3, 0.4) is 0 Å². The molecule has 0 aliphatic carbocycles. The third-order valence-corrected chi connectivity index (χ3v) is 7.83. The standard InChI is InChI=1S/C36H35N3O7S/c1-5-46-36(43)25-14-16-27(17-15-25)37-33(40)23(2)47-29-20-18-28(19-21-29)38-35(42)30(39-34(41)24-10-7-6-8-11-24)22-26-12-9-13-31(44-3)32(26)45-4/h6-23H,5H2,1-4H3,(H,37,40)(H,38,42)(H,39,41)/b30-22-. The van der Waals surface area contributed by atoms with Crippen LogP contribution in [0.2, 0.25) is 0 Å². The molecule has 242 valence electrons. The van der Waals surface area contributed by atoms with Crippen LogP contribution in [-0.2, 0) is 14.3 Å². The van der Waals surface area contributed by atoms with Crippen LogP contribution in [0.4, 0.5) is 11.4 Å². The molecule has 0 heterocycles. The highest BCUT2D eigenvalue weighted by Gasteiger charge is 2.19. The Kier molecular flexibility index (Phi) is 12.2. The number of carbonyl (C=O) groups is 4. The van der Waals surface area contributed by atoms with Crippen molar-refractivity contribution in [3.63, 3.8) is 0 Å². The lowest BCUT2D eigenvalue weighted by atomic mass is 10.1. The molecule has 11 heteroatoms. The van der Waals surface area contributed by atoms with Crippen molar-refractivity contribution < 1.29 is 33.4 Å². The molecule has 4 rings (SSSR count). The van der Waals surface area contributed by atoms with Crippen molar-refractivity contribution in [1.29, 1.82) is 0 Å². The number of anilines is 2. The average Bonchev–Trinajstić information content (AvgIpc) is 3.09. The number of hydrogen-bond acceptors (Lipinski definition) is 8. The van der Waals surface area contributed by atoms with E-state index in [0.717, 1.165) is 4.90 Å². The summed E-state index contributed by atoms with van der Waals surface area (Å²) in [6, 6.07) is 27.3. The van der Waals surface area contributed by atoms with E-state index in [4.69, 9.17) is 14.2 Å². The second kappa shape index (κ2) is 16.7. The van der Waals surface area contributed by atoms with Crippen LogP contribution in [0, 0.1) is 0 Å². The number of thioether (sulfide) groups is 1. The third-order valence-electron chi connectivity index (χ3n) is 6.72. The summed E-state index contributed by atoms with van der Waals surface area (Å²) in [7, 11) is 3.00. The van der Waals surface area contributed by atoms with E-state index in [0.29, 0.717) is 39.6 Å². The van der Waals surface area contributed by atoms with E-state index in [2.05, 4.69) is 16.0 Å². The first-order valence-corrected chi connectivity index (χ1v) is 15.6. The molecule has 3 N–H and O–H groups in total. The summed E-state index contributed by atoms with van der Waals surface area (Å²) in [4.78, 5) is 52.0. The molecule has 47 heavy (non-hydrogen) atoms. The van der Waals surface area contributed by atoms with Gasteiger partial charge in [0.05, 0.1) is 31.6 Å². The van der Waals surface area contributed by atoms with Crippen LogP contribution in [0.5, 0.6) is 11.5 Å². The van der Waals surface area contributed by atoms with Crippen LogP contribution >= 0.6 is 11.8 Å². The highest BCUT2D eigenvalue weighted by atomic mass is 32.2. The van der Waals surface area contributed by atoms with E-state index < -0.39 is 23.0 Å². The van der Waals surface area contributed by atoms with Crippen molar-refractivity contribution in [2.45, 2.75) is 24.0 Å². The van der Waals surface area contributed by atoms with Gasteiger partial charge in [0.1, 0.15) is 5.70 Å². The summed E-state index contributed by atoms with van der Waals surface area (Å²) in [6.45, 7) is 3.80. The number of para-hydroxylation sites is 1. The second-order valence-corrected chi connectivity index (χ2v) is 11.4. The molecule has 0 aliphatic rings. The smallest absolute Gasteiger partial charge is 0.338 e. The highest BCUT2D eigenvalue weighted by molar-refractivity contribution is 8.00. The third kappa shape index (κ3) is 9.47. The van der Waals surface area contributed by atoms with Crippen LogP contribution in [-0.4, -0.2) is 49.8 Å². The van der Waals surface area contributed by atoms with Gasteiger partial charge in [0.2, 0.25) is 5.91 Å². The van der Waals surface area contributed by atoms with Crippen molar-refractivity contribution in [3.8, 4) is 11.5 Å². The first-order valence-electron chi connectivity index (χ1n) is 14.7. The van der Waals surface area contributed by atoms with E-state index in [9.17, 15) is 19.2 Å². The summed E-state index contributed by atoms with van der Waals surface area (Å²) in [6.07, 6.45) is 1.52. The number of benzene rings is 4. The molecule has 10 nitrogen and oxygen atoms in total. The molecule has 0 saturated carbocycles. The largest absolute Gasteiger partial charge is 0.493 e. The molecule has 3 amide bonds. The lowest BCUT2D eigenvalue weighted by Gasteiger charge is -2.15. The number of nitrogens with one attached hydrogen (secondary N) is 3. The molecule has 0 fully saturated rings. The van der Waals surface area contributed by atoms with Gasteiger partial charge in [-0.1, -0.05) is 30.3 Å². The van der Waals surface area contributed by atoms with E-state index >= 15 is 0 Å². The SMILES string of the molecule is CCOC(=O)c1ccc(NC(=O)C(C)Sc2ccc(NC(=O)/C(=C/c3cccc(OC)c3OC)NC(=O)c3ccccc3)cc2)cc1. The van der Waals surface area contributed by atoms with Crippen molar-refractivity contribution in [1.82, 2.24) is 5.32 Å². The predicted molar refractivity (Wildman–Crippen MR) is 183 cm³/mol. The lowest BCUT2D eigenvalue weighted by molar-refractivity contribution is -0.115. The number of ether oxygens (including phenoxy) is 3. The second-order valence-electron chi connectivity index (χ2n) is 9.99. The zero-order valence-corrected chi connectivity index (χ0v) is 27.2. The Morgan fingerprint density at radius 1 is 0.766 bits per heavy atom. The monoisotopic (exact) mass is 653 g/mol. The molecule has 0 spiro atoms. The van der Waals surface area contributed by atoms with Crippen LogP contribution in [0.1, 0.15) is 40.1 Å². The number of methoxy groups -OCH3 is 2. The number of esters is 1. The fourth-order valence-electron chi connectivity index (χ4n) is 4.34. The molecule has 4 aromatic carbocycles. The normalized spacial score (nSPS) is 11.5. The zero-order chi connectivity index (χ0) is 33.8. The Morgan fingerprint density at radius 3 is 2.06 bits per heavy atom. The maximum atomic E-state index is 13.5. The van der Waals surface area contributed by atoms with Gasteiger partial charge in [0, 0.05) is 27.4 Å². The summed E-state index contributed by atoms with van der Waals surface area (Å²) in [5, 5.41) is 7.95. The van der Waals surface area contributed by atoms with Crippen LogP contribution in [0.25, 0.3) is 6.08 Å². The Labute approximate surface area is 277 Å². The quantitative estimate of drug-likeness (QED) is 0.0857. The lowest BCUT2D eigenvalue weighted by Crippen LogP contribution is -2.30. The maximum absolute atomic E-state index is 13.5. The molecule has 0 radical (unpaired) electrons. The average molecular weight is 654 g/mol. The Hall–Kier alpha value is -5.55. The van der Waals surface area contributed by atoms with E-state index in [1.165, 1.54) is 32.1 Å². The van der Waals surface area contributed by atoms with Crippen molar-refractivity contribution in [2.75, 3.05) is 31.5 Å². The van der Waals surface area contributed by atoms with Gasteiger partial charge >= 0.3 is 5.97 Å². The molecular formula is C36H35N3O7S. The highest BCUT2D eigenvalue weighted by Crippen LogP contribution is 2.32. The zero-order valence-electron chi connectivity index (χ0n) is 26.4. The minimum atomic E-state index is -0.554. The summed E-state index contributed by atoms with van der Waals surface area (Å²) >= 11 is 1.34. The number of rotatable bonds is 13. The molecule has 1 atom stereocenters. The molecule has 0 aromatic heterocycles. The first-order chi connectivity index (χ1) is 22.7. The summed E-state index contributed by atoms with van der Waals surface area (Å²) < 4.78 is 15.9. The van der Waals surface area contributed by atoms with Gasteiger partial charge in [-0.15, -0.1) is 11.8 Å². The van der Waals surface area contributed by atoms with Crippen LogP contribution in [0.15, 0.2) is 108 Å². The Balaban J connectivity index is 1.44. The van der Waals surface area contributed by atoms with Crippen molar-refractivity contribution >= 4 is 52.9 Å². The molecule has 0 bridgehead atoms. The van der Waals surface area contributed by atoms with Gasteiger partial charge in [-0.05, 0) is 86.7 Å². The fourth-order valence-corrected chi connectivity index (χ4v) is 5.21. The predicted octanol–water partition coefficient (Wildman–Crippen LogP) is 6.41.